The van der Waals surface area contributed by atoms with E-state index in [2.05, 4.69) is 16.0 Å². The number of sulfonamides is 1. The Bertz CT molecular complexity index is 836. The Morgan fingerprint density at radius 2 is 2.00 bits per heavy atom. The lowest BCUT2D eigenvalue weighted by molar-refractivity contribution is -0.150. The number of hydrogen-bond acceptors (Lipinski definition) is 5. The molecule has 4 heterocycles. The second-order valence-corrected chi connectivity index (χ2v) is 10.7. The van der Waals surface area contributed by atoms with Gasteiger partial charge >= 0.3 is 0 Å². The Morgan fingerprint density at radius 3 is 2.68 bits per heavy atom. The van der Waals surface area contributed by atoms with Crippen molar-refractivity contribution < 1.29 is 13.2 Å². The number of amides is 1. The highest BCUT2D eigenvalue weighted by Crippen LogP contribution is 2.44. The van der Waals surface area contributed by atoms with E-state index in [0.717, 1.165) is 43.7 Å². The molecule has 0 radical (unpaired) electrons. The van der Waals surface area contributed by atoms with Crippen LogP contribution in [0.4, 0.5) is 0 Å². The fraction of sp³-hybridized carbons (Fsp3) is 0.700. The molecule has 0 N–H and O–H groups in total. The predicted octanol–water partition coefficient (Wildman–Crippen LogP) is 1.24. The minimum atomic E-state index is -3.28. The molecule has 0 bridgehead atoms. The molecule has 0 saturated carbocycles. The molecule has 1 amide bonds. The number of nitrogens with zero attached hydrogens (tertiary/aromatic N) is 4. The van der Waals surface area contributed by atoms with Crippen LogP contribution in [0.5, 0.6) is 0 Å². The summed E-state index contributed by atoms with van der Waals surface area (Å²) < 4.78 is 26.5. The van der Waals surface area contributed by atoms with E-state index >= 15 is 0 Å². The smallest absolute Gasteiger partial charge is 0.231 e. The number of rotatable bonds is 3. The molecule has 3 saturated heterocycles. The summed E-state index contributed by atoms with van der Waals surface area (Å²) in [4.78, 5) is 22.4. The Balaban J connectivity index is 1.61. The van der Waals surface area contributed by atoms with E-state index in [9.17, 15) is 13.2 Å². The molecule has 2 atom stereocenters. The summed E-state index contributed by atoms with van der Waals surface area (Å²) in [5, 5.41) is 0. The number of carbonyl (C=O) groups excluding carboxylic acids is 1. The lowest BCUT2D eigenvalue weighted by Gasteiger charge is -2.53. The normalized spacial score (nSPS) is 30.9. The molecule has 3 fully saturated rings. The molecule has 28 heavy (non-hydrogen) atoms. The molecule has 1 aromatic rings. The molecule has 0 spiro atoms. The summed E-state index contributed by atoms with van der Waals surface area (Å²) >= 11 is 0. The number of aromatic nitrogens is 1. The molecule has 154 valence electrons. The van der Waals surface area contributed by atoms with Gasteiger partial charge in [-0.05, 0) is 44.2 Å². The van der Waals surface area contributed by atoms with Crippen LogP contribution in [0.1, 0.15) is 36.9 Å². The van der Waals surface area contributed by atoms with Crippen LogP contribution in [0.3, 0.4) is 0 Å². The molecule has 7 nitrogen and oxygen atoms in total. The highest BCUT2D eigenvalue weighted by molar-refractivity contribution is 7.89. The number of fused-ring (bicyclic) bond motifs is 1. The first-order chi connectivity index (χ1) is 13.3. The SMILES string of the molecule is Cc1ccc(CN2CC[C@H]3N(C)S(=O)(=O)CC[C@]3(C(=O)N3CCCC3)C2)nc1. The van der Waals surface area contributed by atoms with Gasteiger partial charge in [0.2, 0.25) is 15.9 Å². The van der Waals surface area contributed by atoms with Crippen LogP contribution < -0.4 is 0 Å². The lowest BCUT2D eigenvalue weighted by atomic mass is 9.71. The number of likely N-dealkylation sites (tertiary alicyclic amines) is 2. The van der Waals surface area contributed by atoms with Gasteiger partial charge in [0.25, 0.3) is 0 Å². The maximum atomic E-state index is 13.6. The number of pyridine rings is 1. The highest BCUT2D eigenvalue weighted by Gasteiger charge is 2.57. The third-order valence-electron chi connectivity index (χ3n) is 6.72. The first kappa shape index (κ1) is 19.8. The molecular formula is C20H30N4O3S. The van der Waals surface area contributed by atoms with Gasteiger partial charge in [-0.25, -0.2) is 12.7 Å². The Hall–Kier alpha value is -1.51. The average Bonchev–Trinajstić information content (AvgIpc) is 3.21. The van der Waals surface area contributed by atoms with Gasteiger partial charge in [-0.3, -0.25) is 14.7 Å². The minimum absolute atomic E-state index is 0.0518. The molecule has 0 aliphatic carbocycles. The minimum Gasteiger partial charge on any atom is -0.342 e. The van der Waals surface area contributed by atoms with Crippen LogP contribution in [0.15, 0.2) is 18.3 Å². The van der Waals surface area contributed by atoms with Gasteiger partial charge in [0.1, 0.15) is 0 Å². The van der Waals surface area contributed by atoms with E-state index in [1.807, 2.05) is 24.1 Å². The van der Waals surface area contributed by atoms with Crippen molar-refractivity contribution in [1.82, 2.24) is 19.1 Å². The molecule has 0 unspecified atom stereocenters. The Kier molecular flexibility index (Phi) is 5.22. The van der Waals surface area contributed by atoms with Gasteiger partial charge in [0.15, 0.2) is 0 Å². The van der Waals surface area contributed by atoms with Gasteiger partial charge in [-0.1, -0.05) is 6.07 Å². The van der Waals surface area contributed by atoms with Crippen molar-refractivity contribution >= 4 is 15.9 Å². The van der Waals surface area contributed by atoms with E-state index in [1.165, 1.54) is 4.31 Å². The van der Waals surface area contributed by atoms with E-state index in [4.69, 9.17) is 0 Å². The van der Waals surface area contributed by atoms with E-state index in [1.54, 1.807) is 7.05 Å². The van der Waals surface area contributed by atoms with Crippen molar-refractivity contribution in [3.63, 3.8) is 0 Å². The Labute approximate surface area is 167 Å². The summed E-state index contributed by atoms with van der Waals surface area (Å²) in [6.07, 6.45) is 5.04. The second-order valence-electron chi connectivity index (χ2n) is 8.58. The Morgan fingerprint density at radius 1 is 1.25 bits per heavy atom. The van der Waals surface area contributed by atoms with Crippen molar-refractivity contribution in [3.05, 3.63) is 29.6 Å². The number of piperidine rings is 1. The lowest BCUT2D eigenvalue weighted by Crippen LogP contribution is -2.67. The first-order valence-electron chi connectivity index (χ1n) is 10.2. The van der Waals surface area contributed by atoms with Crippen LogP contribution in [-0.2, 0) is 21.4 Å². The molecule has 3 aliphatic rings. The van der Waals surface area contributed by atoms with Crippen LogP contribution in [-0.4, -0.2) is 78.4 Å². The van der Waals surface area contributed by atoms with Crippen LogP contribution in [0.25, 0.3) is 0 Å². The zero-order valence-corrected chi connectivity index (χ0v) is 17.6. The molecule has 8 heteroatoms. The molecule has 3 aliphatic heterocycles. The van der Waals surface area contributed by atoms with Gasteiger partial charge < -0.3 is 4.90 Å². The van der Waals surface area contributed by atoms with Crippen LogP contribution in [0.2, 0.25) is 0 Å². The predicted molar refractivity (Wildman–Crippen MR) is 107 cm³/mol. The third-order valence-corrected chi connectivity index (χ3v) is 8.58. The zero-order chi connectivity index (χ0) is 19.9. The summed E-state index contributed by atoms with van der Waals surface area (Å²) in [6.45, 7) is 5.67. The fourth-order valence-electron chi connectivity index (χ4n) is 5.10. The fourth-order valence-corrected chi connectivity index (χ4v) is 6.70. The summed E-state index contributed by atoms with van der Waals surface area (Å²) in [6, 6.07) is 3.84. The monoisotopic (exact) mass is 406 g/mol. The standard InChI is InChI=1S/C20H30N4O3S/c1-16-5-6-17(21-13-16)14-23-11-7-18-20(15-23,8-12-28(26,27)22(18)2)19(25)24-9-3-4-10-24/h5-6,13,18H,3-4,7-12,14-15H2,1-2H3/t18-,20+/m1/s1. The number of hydrogen-bond donors (Lipinski definition) is 0. The van der Waals surface area contributed by atoms with Crippen molar-refractivity contribution in [2.45, 2.75) is 45.2 Å². The quantitative estimate of drug-likeness (QED) is 0.755. The topological polar surface area (TPSA) is 73.8 Å². The van der Waals surface area contributed by atoms with Crippen LogP contribution in [0, 0.1) is 12.3 Å². The summed E-state index contributed by atoms with van der Waals surface area (Å²) in [7, 11) is -1.62. The van der Waals surface area contributed by atoms with Gasteiger partial charge in [-0.15, -0.1) is 0 Å². The van der Waals surface area contributed by atoms with Gasteiger partial charge in [0, 0.05) is 52.0 Å². The molecule has 1 aromatic heterocycles. The highest BCUT2D eigenvalue weighted by atomic mass is 32.2. The van der Waals surface area contributed by atoms with Crippen LogP contribution >= 0.6 is 0 Å². The molecule has 0 aromatic carbocycles. The van der Waals surface area contributed by atoms with Crippen molar-refractivity contribution in [2.75, 3.05) is 39.0 Å². The summed E-state index contributed by atoms with van der Waals surface area (Å²) in [5.41, 5.74) is 1.47. The first-order valence-corrected chi connectivity index (χ1v) is 11.8. The molecular weight excluding hydrogens is 376 g/mol. The zero-order valence-electron chi connectivity index (χ0n) is 16.8. The van der Waals surface area contributed by atoms with Crippen molar-refractivity contribution in [2.24, 2.45) is 5.41 Å². The van der Waals surface area contributed by atoms with Crippen molar-refractivity contribution in [3.8, 4) is 0 Å². The molecule has 4 rings (SSSR count). The third kappa shape index (κ3) is 3.46. The number of aryl methyl sites for hydroxylation is 1. The van der Waals surface area contributed by atoms with Gasteiger partial charge in [0.05, 0.1) is 16.9 Å². The maximum Gasteiger partial charge on any atom is 0.231 e. The summed E-state index contributed by atoms with van der Waals surface area (Å²) in [5.74, 6) is 0.203. The van der Waals surface area contributed by atoms with Crippen molar-refractivity contribution in [1.29, 1.82) is 0 Å². The second kappa shape index (κ2) is 7.39. The van der Waals surface area contributed by atoms with E-state index in [-0.39, 0.29) is 17.7 Å². The maximum absolute atomic E-state index is 13.6. The largest absolute Gasteiger partial charge is 0.342 e. The van der Waals surface area contributed by atoms with E-state index in [0.29, 0.717) is 25.9 Å². The van der Waals surface area contributed by atoms with Gasteiger partial charge in [-0.2, -0.15) is 0 Å². The number of carbonyl (C=O) groups is 1. The average molecular weight is 407 g/mol. The van der Waals surface area contributed by atoms with E-state index < -0.39 is 15.4 Å².